The van der Waals surface area contributed by atoms with E-state index in [9.17, 15) is 19.5 Å². The van der Waals surface area contributed by atoms with Crippen molar-refractivity contribution >= 4 is 50.1 Å². The molecule has 4 heterocycles. The van der Waals surface area contributed by atoms with Crippen LogP contribution in [0.25, 0.3) is 21.0 Å². The molecule has 0 saturated carbocycles. The van der Waals surface area contributed by atoms with Crippen LogP contribution in [0.2, 0.25) is 0 Å². The fourth-order valence-electron chi connectivity index (χ4n) is 6.10. The molecule has 6 rings (SSSR count). The van der Waals surface area contributed by atoms with E-state index in [0.717, 1.165) is 51.0 Å². The van der Waals surface area contributed by atoms with E-state index in [2.05, 4.69) is 39.4 Å². The number of likely N-dealkylation sites (tertiary alicyclic amines) is 1. The van der Waals surface area contributed by atoms with Crippen molar-refractivity contribution in [2.75, 3.05) is 57.3 Å². The summed E-state index contributed by atoms with van der Waals surface area (Å²) in [6.07, 6.45) is 2.19. The van der Waals surface area contributed by atoms with Crippen molar-refractivity contribution in [3.8, 4) is 5.75 Å². The number of carbonyl (C=O) groups is 2. The van der Waals surface area contributed by atoms with Crippen LogP contribution in [0.15, 0.2) is 64.8 Å². The second-order valence-electron chi connectivity index (χ2n) is 11.5. The molecule has 0 atom stereocenters. The maximum Gasteiger partial charge on any atom is 0.411 e. The first-order valence-electron chi connectivity index (χ1n) is 15.3. The summed E-state index contributed by atoms with van der Waals surface area (Å²) >= 11 is 1.79. The minimum Gasteiger partial charge on any atom is -0.494 e. The van der Waals surface area contributed by atoms with Crippen molar-refractivity contribution < 1.29 is 24.2 Å². The Balaban J connectivity index is 0.961. The highest BCUT2D eigenvalue weighted by Gasteiger charge is 2.28. The molecule has 4 aromatic rings. The van der Waals surface area contributed by atoms with E-state index >= 15 is 0 Å². The van der Waals surface area contributed by atoms with Gasteiger partial charge in [0.15, 0.2) is 6.73 Å². The Morgan fingerprint density at radius 2 is 1.73 bits per heavy atom. The first kappa shape index (κ1) is 30.0. The zero-order chi connectivity index (χ0) is 30.5. The van der Waals surface area contributed by atoms with E-state index in [0.29, 0.717) is 43.8 Å². The number of rotatable bonds is 10. The normalized spacial score (nSPS) is 16.5. The van der Waals surface area contributed by atoms with E-state index < -0.39 is 18.0 Å². The molecule has 0 aliphatic carbocycles. The fraction of sp³-hybridized carbons (Fsp3) is 0.424. The van der Waals surface area contributed by atoms with Crippen molar-refractivity contribution in [1.82, 2.24) is 14.4 Å². The lowest BCUT2D eigenvalue weighted by atomic mass is 9.97. The number of aliphatic carboxylic acids is 1. The van der Waals surface area contributed by atoms with Crippen LogP contribution in [0.4, 0.5) is 10.5 Å². The van der Waals surface area contributed by atoms with Gasteiger partial charge in [0.2, 0.25) is 0 Å². The first-order chi connectivity index (χ1) is 21.5. The number of unbranched alkanes of at least 4 members (excludes halogenated alkanes) is 1. The zero-order valence-corrected chi connectivity index (χ0v) is 25.5. The van der Waals surface area contributed by atoms with Gasteiger partial charge in [0, 0.05) is 67.2 Å². The van der Waals surface area contributed by atoms with E-state index in [1.165, 1.54) is 31.3 Å². The van der Waals surface area contributed by atoms with Gasteiger partial charge in [0.05, 0.1) is 18.0 Å². The van der Waals surface area contributed by atoms with Crippen LogP contribution in [0.1, 0.15) is 25.7 Å². The molecule has 2 aliphatic heterocycles. The third-order valence-electron chi connectivity index (χ3n) is 8.71. The predicted octanol–water partition coefficient (Wildman–Crippen LogP) is 5.09. The minimum absolute atomic E-state index is 0.229. The summed E-state index contributed by atoms with van der Waals surface area (Å²) < 4.78 is 14.3. The SMILES string of the molecule is O=C(O)C1CCN(C(=O)OCn2c(=O)ccc3ccc(OCCCCN4CCN(c5cccc6sccc56)CC4)cc32)CC1. The first-order valence-corrected chi connectivity index (χ1v) is 16.2. The molecule has 11 heteroatoms. The summed E-state index contributed by atoms with van der Waals surface area (Å²) in [6.45, 7) is 6.18. The number of piperidine rings is 1. The number of thiophene rings is 1. The number of carbonyl (C=O) groups excluding carboxylic acids is 1. The third-order valence-corrected chi connectivity index (χ3v) is 9.59. The molecular formula is C33H38N4O6S. The highest BCUT2D eigenvalue weighted by molar-refractivity contribution is 7.17. The molecule has 44 heavy (non-hydrogen) atoms. The maximum atomic E-state index is 12.7. The van der Waals surface area contributed by atoms with Crippen molar-refractivity contribution in [3.63, 3.8) is 0 Å². The van der Waals surface area contributed by atoms with Crippen LogP contribution < -0.4 is 15.2 Å². The number of piperazine rings is 1. The summed E-state index contributed by atoms with van der Waals surface area (Å²) in [4.78, 5) is 43.0. The molecule has 2 fully saturated rings. The van der Waals surface area contributed by atoms with E-state index in [1.807, 2.05) is 18.2 Å². The van der Waals surface area contributed by atoms with Gasteiger partial charge in [-0.05, 0) is 79.4 Å². The van der Waals surface area contributed by atoms with Crippen LogP contribution in [0.3, 0.4) is 0 Å². The number of benzene rings is 2. The van der Waals surface area contributed by atoms with Gasteiger partial charge in [-0.3, -0.25) is 19.1 Å². The van der Waals surface area contributed by atoms with Crippen molar-refractivity contribution in [1.29, 1.82) is 0 Å². The summed E-state index contributed by atoms with van der Waals surface area (Å²) in [5.41, 5.74) is 1.69. The second kappa shape index (κ2) is 13.7. The minimum atomic E-state index is -0.837. The molecule has 10 nitrogen and oxygen atoms in total. The van der Waals surface area contributed by atoms with Crippen LogP contribution in [-0.2, 0) is 16.3 Å². The molecule has 2 aromatic heterocycles. The number of hydrogen-bond acceptors (Lipinski definition) is 8. The molecular weight excluding hydrogens is 580 g/mol. The van der Waals surface area contributed by atoms with Crippen LogP contribution in [0.5, 0.6) is 5.75 Å². The molecule has 0 unspecified atom stereocenters. The molecule has 2 saturated heterocycles. The van der Waals surface area contributed by atoms with Gasteiger partial charge in [0.25, 0.3) is 5.56 Å². The highest BCUT2D eigenvalue weighted by Crippen LogP contribution is 2.31. The summed E-state index contributed by atoms with van der Waals surface area (Å²) in [7, 11) is 0. The average Bonchev–Trinajstić information content (AvgIpc) is 3.54. The van der Waals surface area contributed by atoms with Gasteiger partial charge in [-0.25, -0.2) is 4.79 Å². The number of nitrogens with zero attached hydrogens (tertiary/aromatic N) is 4. The lowest BCUT2D eigenvalue weighted by Gasteiger charge is -2.36. The Morgan fingerprint density at radius 1 is 0.932 bits per heavy atom. The number of aromatic nitrogens is 1. The monoisotopic (exact) mass is 618 g/mol. The predicted molar refractivity (Wildman–Crippen MR) is 172 cm³/mol. The number of carboxylic acids is 1. The highest BCUT2D eigenvalue weighted by atomic mass is 32.1. The van der Waals surface area contributed by atoms with Crippen molar-refractivity contribution in [2.24, 2.45) is 5.92 Å². The number of ether oxygens (including phenoxy) is 2. The third kappa shape index (κ3) is 6.84. The van der Waals surface area contributed by atoms with Gasteiger partial charge in [0.1, 0.15) is 5.75 Å². The summed E-state index contributed by atoms with van der Waals surface area (Å²) in [5, 5.41) is 13.5. The number of carboxylic acid groups (broad SMARTS) is 1. The molecule has 0 spiro atoms. The van der Waals surface area contributed by atoms with E-state index in [1.54, 1.807) is 17.4 Å². The maximum absolute atomic E-state index is 12.7. The molecule has 1 amide bonds. The topological polar surface area (TPSA) is 105 Å². The number of hydrogen-bond donors (Lipinski definition) is 1. The summed E-state index contributed by atoms with van der Waals surface area (Å²) in [6, 6.07) is 17.6. The van der Waals surface area contributed by atoms with Gasteiger partial charge in [-0.2, -0.15) is 0 Å². The zero-order valence-electron chi connectivity index (χ0n) is 24.7. The summed E-state index contributed by atoms with van der Waals surface area (Å²) in [5.74, 6) is -0.613. The Labute approximate surface area is 260 Å². The Morgan fingerprint density at radius 3 is 2.52 bits per heavy atom. The van der Waals surface area contributed by atoms with Gasteiger partial charge in [-0.1, -0.05) is 6.07 Å². The number of amides is 1. The molecule has 2 aromatic carbocycles. The molecule has 1 N–H and O–H groups in total. The number of fused-ring (bicyclic) bond motifs is 2. The fourth-order valence-corrected chi connectivity index (χ4v) is 6.91. The largest absolute Gasteiger partial charge is 0.494 e. The van der Waals surface area contributed by atoms with Gasteiger partial charge in [-0.15, -0.1) is 11.3 Å². The van der Waals surface area contributed by atoms with Crippen LogP contribution in [0, 0.1) is 5.92 Å². The lowest BCUT2D eigenvalue weighted by molar-refractivity contribution is -0.143. The van der Waals surface area contributed by atoms with Crippen LogP contribution in [-0.4, -0.2) is 84.0 Å². The molecule has 0 radical (unpaired) electrons. The molecule has 2 aliphatic rings. The van der Waals surface area contributed by atoms with Gasteiger partial charge >= 0.3 is 12.1 Å². The lowest BCUT2D eigenvalue weighted by Crippen LogP contribution is -2.46. The number of pyridine rings is 1. The Bertz CT molecular complexity index is 1670. The van der Waals surface area contributed by atoms with Crippen molar-refractivity contribution in [2.45, 2.75) is 32.4 Å². The van der Waals surface area contributed by atoms with Gasteiger partial charge < -0.3 is 24.4 Å². The quantitative estimate of drug-likeness (QED) is 0.245. The smallest absolute Gasteiger partial charge is 0.411 e. The van der Waals surface area contributed by atoms with Crippen LogP contribution >= 0.6 is 11.3 Å². The molecule has 232 valence electrons. The average molecular weight is 619 g/mol. The van der Waals surface area contributed by atoms with E-state index in [4.69, 9.17) is 9.47 Å². The second-order valence-corrected chi connectivity index (χ2v) is 12.4. The van der Waals surface area contributed by atoms with E-state index in [-0.39, 0.29) is 12.3 Å². The Kier molecular flexibility index (Phi) is 9.32. The Hall–Kier alpha value is -4.09. The number of anilines is 1. The standard InChI is InChI=1S/C33H38N4O6S/c38-31-9-7-24-6-8-26(22-29(24)37(31)23-43-33(41)36-14-10-25(11-15-36)32(39)40)42-20-2-1-13-34-16-18-35(19-17-34)28-4-3-5-30-27(28)12-21-44-30/h3-9,12,21-22,25H,1-2,10-11,13-20,23H2,(H,39,40). The van der Waals surface area contributed by atoms with Crippen molar-refractivity contribution in [3.05, 3.63) is 70.3 Å². The molecule has 0 bridgehead atoms.